The number of anilines is 1. The maximum Gasteiger partial charge on any atom is 0.303 e. The molecular weight excluding hydrogens is 357 g/mol. The Morgan fingerprint density at radius 3 is 2.88 bits per heavy atom. The number of nitrogens with two attached hydrogens (primary N) is 1. The van der Waals surface area contributed by atoms with Gasteiger partial charge in [0.2, 0.25) is 0 Å². The zero-order chi connectivity index (χ0) is 18.4. The van der Waals surface area contributed by atoms with E-state index in [1.165, 1.54) is 6.33 Å². The van der Waals surface area contributed by atoms with Gasteiger partial charge >= 0.3 is 8.00 Å². The molecule has 0 saturated heterocycles. The Morgan fingerprint density at radius 1 is 1.31 bits per heavy atom. The fourth-order valence-electron chi connectivity index (χ4n) is 2.21. The molecule has 2 aromatic heterocycles. The van der Waals surface area contributed by atoms with Crippen LogP contribution in [-0.4, -0.2) is 32.7 Å². The van der Waals surface area contributed by atoms with Gasteiger partial charge in [0.1, 0.15) is 11.6 Å². The molecule has 3 aromatic rings. The van der Waals surface area contributed by atoms with Crippen LogP contribution in [0, 0.1) is 0 Å². The first kappa shape index (κ1) is 18.2. The van der Waals surface area contributed by atoms with E-state index < -0.39 is 14.1 Å². The Bertz CT molecular complexity index is 887. The number of rotatable bonds is 8. The smallest absolute Gasteiger partial charge is 0.303 e. The zero-order valence-electron chi connectivity index (χ0n) is 14.0. The number of nitrogens with zero attached hydrogens (tertiary/aromatic N) is 3. The van der Waals surface area contributed by atoms with Gasteiger partial charge in [-0.3, -0.25) is 9.26 Å². The molecular formula is C16H18N5O4P. The summed E-state index contributed by atoms with van der Waals surface area (Å²) in [5, 5.41) is 0. The van der Waals surface area contributed by atoms with E-state index >= 15 is 0 Å². The van der Waals surface area contributed by atoms with Crippen LogP contribution in [0.25, 0.3) is 11.2 Å². The second-order valence-corrected chi connectivity index (χ2v) is 6.18. The number of benzene rings is 1. The molecule has 9 nitrogen and oxygen atoms in total. The number of nitrogens with one attached hydrogen (secondary N) is 1. The molecule has 26 heavy (non-hydrogen) atoms. The fraction of sp³-hybridized carbons (Fsp3) is 0.250. The third-order valence-electron chi connectivity index (χ3n) is 3.43. The van der Waals surface area contributed by atoms with Crippen LogP contribution in [0.3, 0.4) is 0 Å². The highest BCUT2D eigenvalue weighted by molar-refractivity contribution is 7.44. The maximum absolute atomic E-state index is 11.8. The Morgan fingerprint density at radius 2 is 2.12 bits per heavy atom. The third kappa shape index (κ3) is 4.53. The van der Waals surface area contributed by atoms with Crippen molar-refractivity contribution in [2.75, 3.05) is 12.5 Å². The predicted molar refractivity (Wildman–Crippen MR) is 96.2 cm³/mol. The van der Waals surface area contributed by atoms with Crippen molar-refractivity contribution < 1.29 is 18.9 Å². The van der Waals surface area contributed by atoms with Gasteiger partial charge in [-0.1, -0.05) is 25.1 Å². The van der Waals surface area contributed by atoms with Gasteiger partial charge < -0.3 is 20.3 Å². The SMILES string of the molecule is CC[C@@H](OCO/C=[P+](\[O-])Oc1ccccc1)c1nc(N)c2[nH]cnc2n1. The van der Waals surface area contributed by atoms with Crippen molar-refractivity contribution in [2.45, 2.75) is 19.4 Å². The number of ether oxygens (including phenoxy) is 2. The average Bonchev–Trinajstić information content (AvgIpc) is 3.12. The van der Waals surface area contributed by atoms with Crippen molar-refractivity contribution >= 4 is 31.0 Å². The summed E-state index contributed by atoms with van der Waals surface area (Å²) < 4.78 is 16.0. The van der Waals surface area contributed by atoms with E-state index in [1.807, 2.05) is 13.0 Å². The van der Waals surface area contributed by atoms with Crippen LogP contribution in [0.4, 0.5) is 5.82 Å². The van der Waals surface area contributed by atoms with E-state index in [2.05, 4.69) is 19.9 Å². The van der Waals surface area contributed by atoms with Gasteiger partial charge in [-0.25, -0.2) is 15.0 Å². The molecule has 2 heterocycles. The predicted octanol–water partition coefficient (Wildman–Crippen LogP) is 1.89. The Kier molecular flexibility index (Phi) is 6.08. The van der Waals surface area contributed by atoms with Gasteiger partial charge in [-0.15, -0.1) is 0 Å². The number of aromatic amines is 1. The second-order valence-electron chi connectivity index (χ2n) is 5.21. The quantitative estimate of drug-likeness (QED) is 0.347. The van der Waals surface area contributed by atoms with Crippen LogP contribution in [0.5, 0.6) is 5.75 Å². The van der Waals surface area contributed by atoms with Crippen molar-refractivity contribution in [3.05, 3.63) is 42.5 Å². The number of nitrogen functional groups attached to an aromatic ring is 1. The van der Waals surface area contributed by atoms with Crippen LogP contribution >= 0.6 is 8.00 Å². The minimum atomic E-state index is -2.11. The van der Waals surface area contributed by atoms with Gasteiger partial charge in [-0.05, 0) is 18.6 Å². The standard InChI is InChI=1S/C16H18N5O4P/c1-2-12(15-20-14(17)13-16(21-15)19-8-18-13)24-9-23-10-26(22)25-11-6-4-3-5-7-11/h3-8,10,12H,2,9H2,1H3,(H3,17,18,19,20,21)/t12-/m1/s1. The minimum absolute atomic E-state index is 0.125. The third-order valence-corrected chi connectivity index (χ3v) is 4.14. The summed E-state index contributed by atoms with van der Waals surface area (Å²) in [6.45, 7) is 1.79. The Hall–Kier alpha value is -2.58. The van der Waals surface area contributed by atoms with Gasteiger partial charge in [-0.2, -0.15) is 0 Å². The number of imidazole rings is 1. The molecule has 0 amide bonds. The fourth-order valence-corrected chi connectivity index (χ4v) is 2.77. The van der Waals surface area contributed by atoms with Crippen molar-refractivity contribution in [1.29, 1.82) is 0 Å². The first-order valence-corrected chi connectivity index (χ1v) is 9.14. The van der Waals surface area contributed by atoms with Crippen molar-refractivity contribution in [2.24, 2.45) is 0 Å². The summed E-state index contributed by atoms with van der Waals surface area (Å²) in [7, 11) is -2.11. The lowest BCUT2D eigenvalue weighted by Crippen LogP contribution is -2.12. The lowest BCUT2D eigenvalue weighted by molar-refractivity contribution is -0.166. The highest BCUT2D eigenvalue weighted by atomic mass is 31.1. The molecule has 0 radical (unpaired) electrons. The topological polar surface area (TPSA) is 131 Å². The first-order chi connectivity index (χ1) is 12.7. The number of aromatic nitrogens is 4. The second kappa shape index (κ2) is 8.68. The summed E-state index contributed by atoms with van der Waals surface area (Å²) in [6, 6.07) is 8.83. The normalized spacial score (nSPS) is 13.1. The highest BCUT2D eigenvalue weighted by Crippen LogP contribution is 2.22. The van der Waals surface area contributed by atoms with Crippen molar-refractivity contribution in [3.63, 3.8) is 0 Å². The Balaban J connectivity index is 1.56. The molecule has 1 unspecified atom stereocenters. The maximum atomic E-state index is 11.8. The van der Waals surface area contributed by atoms with Gasteiger partial charge in [0.05, 0.1) is 6.33 Å². The van der Waals surface area contributed by atoms with Crippen LogP contribution in [0.1, 0.15) is 25.3 Å². The lowest BCUT2D eigenvalue weighted by atomic mass is 10.2. The number of H-pyrrole nitrogens is 1. The van der Waals surface area contributed by atoms with E-state index in [4.69, 9.17) is 19.7 Å². The summed E-state index contributed by atoms with van der Waals surface area (Å²) in [5.74, 6) is 2.31. The van der Waals surface area contributed by atoms with Crippen molar-refractivity contribution in [3.8, 4) is 5.75 Å². The van der Waals surface area contributed by atoms with Crippen LogP contribution in [0.2, 0.25) is 0 Å². The van der Waals surface area contributed by atoms with E-state index in [1.54, 1.807) is 24.3 Å². The molecule has 0 spiro atoms. The average molecular weight is 375 g/mol. The zero-order valence-corrected chi connectivity index (χ0v) is 14.9. The molecule has 0 saturated carbocycles. The van der Waals surface area contributed by atoms with E-state index in [-0.39, 0.29) is 6.79 Å². The van der Waals surface area contributed by atoms with E-state index in [0.717, 1.165) is 5.98 Å². The molecule has 3 rings (SSSR count). The van der Waals surface area contributed by atoms with Gasteiger partial charge in [0.15, 0.2) is 29.8 Å². The monoisotopic (exact) mass is 375 g/mol. The lowest BCUT2D eigenvalue weighted by Gasteiger charge is -2.14. The number of fused-ring (bicyclic) bond motifs is 1. The van der Waals surface area contributed by atoms with Crippen LogP contribution < -0.4 is 15.2 Å². The molecule has 0 bridgehead atoms. The molecule has 136 valence electrons. The van der Waals surface area contributed by atoms with Gasteiger partial charge in [0, 0.05) is 0 Å². The summed E-state index contributed by atoms with van der Waals surface area (Å²) >= 11 is 0. The van der Waals surface area contributed by atoms with Crippen molar-refractivity contribution in [1.82, 2.24) is 19.9 Å². The summed E-state index contributed by atoms with van der Waals surface area (Å²) in [5.41, 5.74) is 6.95. The largest absolute Gasteiger partial charge is 0.593 e. The van der Waals surface area contributed by atoms with Gasteiger partial charge in [0.25, 0.3) is 5.98 Å². The number of para-hydroxylation sites is 1. The molecule has 2 atom stereocenters. The Labute approximate surface area is 150 Å². The molecule has 1 aromatic carbocycles. The van der Waals surface area contributed by atoms with Crippen LogP contribution in [0.15, 0.2) is 36.7 Å². The number of hydrogen-bond acceptors (Lipinski definition) is 8. The molecule has 3 N–H and O–H groups in total. The summed E-state index contributed by atoms with van der Waals surface area (Å²) in [4.78, 5) is 27.3. The molecule has 10 heteroatoms. The molecule has 0 aliphatic heterocycles. The molecule has 0 fully saturated rings. The minimum Gasteiger partial charge on any atom is -0.593 e. The van der Waals surface area contributed by atoms with Crippen LogP contribution in [-0.2, 0) is 9.47 Å². The van der Waals surface area contributed by atoms with E-state index in [0.29, 0.717) is 35.0 Å². The molecule has 0 aliphatic rings. The number of hydrogen-bond donors (Lipinski definition) is 2. The van der Waals surface area contributed by atoms with E-state index in [9.17, 15) is 4.89 Å². The molecule has 0 aliphatic carbocycles. The highest BCUT2D eigenvalue weighted by Gasteiger charge is 2.17. The first-order valence-electron chi connectivity index (χ1n) is 7.89. The summed E-state index contributed by atoms with van der Waals surface area (Å²) in [6.07, 6.45) is 1.67.